The minimum absolute atomic E-state index is 0.328. The van der Waals surface area contributed by atoms with Crippen LogP contribution in [0.5, 0.6) is 0 Å². The van der Waals surface area contributed by atoms with Crippen molar-refractivity contribution in [2.45, 2.75) is 25.7 Å². The molecule has 0 heterocycles. The molecule has 15 heavy (non-hydrogen) atoms. The number of hydrogen-bond donors (Lipinski definition) is 0. The predicted octanol–water partition coefficient (Wildman–Crippen LogP) is 2.63. The fourth-order valence-electron chi connectivity index (χ4n) is 2.31. The second-order valence-corrected chi connectivity index (χ2v) is 4.20. The lowest BCUT2D eigenvalue weighted by atomic mass is 9.83. The van der Waals surface area contributed by atoms with E-state index in [0.717, 1.165) is 11.1 Å². The number of rotatable bonds is 3. The summed E-state index contributed by atoms with van der Waals surface area (Å²) in [4.78, 5) is 11.0. The van der Waals surface area contributed by atoms with Crippen LogP contribution in [-0.4, -0.2) is 12.7 Å². The van der Waals surface area contributed by atoms with Gasteiger partial charge >= 0.3 is 0 Å². The maximum atomic E-state index is 12.4. The van der Waals surface area contributed by atoms with E-state index < -0.39 is 11.8 Å². The van der Waals surface area contributed by atoms with E-state index in [1.54, 1.807) is 0 Å². The average molecular weight is 210 g/mol. The van der Waals surface area contributed by atoms with Crippen molar-refractivity contribution in [3.63, 3.8) is 0 Å². The Morgan fingerprint density at radius 1 is 1.27 bits per heavy atom. The van der Waals surface area contributed by atoms with E-state index in [1.807, 2.05) is 24.3 Å². The molecule has 3 heteroatoms. The smallest absolute Gasteiger partial charge is 0.239 e. The van der Waals surface area contributed by atoms with Crippen LogP contribution in [0.25, 0.3) is 0 Å². The van der Waals surface area contributed by atoms with E-state index in [4.69, 9.17) is 0 Å². The van der Waals surface area contributed by atoms with Crippen LogP contribution in [0.4, 0.5) is 8.78 Å². The largest absolute Gasteiger partial charge is 0.303 e. The topological polar surface area (TPSA) is 17.1 Å². The average Bonchev–Trinajstić information content (AvgIpc) is 2.55. The number of hydrogen-bond acceptors (Lipinski definition) is 1. The molecule has 0 atom stereocenters. The van der Waals surface area contributed by atoms with Gasteiger partial charge in [0, 0.05) is 11.8 Å². The molecule has 0 bridgehead atoms. The van der Waals surface area contributed by atoms with Crippen LogP contribution < -0.4 is 0 Å². The molecule has 0 radical (unpaired) electrons. The summed E-state index contributed by atoms with van der Waals surface area (Å²) < 4.78 is 24.8. The Balaban J connectivity index is 2.25. The Hall–Kier alpha value is -1.25. The molecule has 80 valence electrons. The monoisotopic (exact) mass is 210 g/mol. The van der Waals surface area contributed by atoms with Gasteiger partial charge < -0.3 is 4.79 Å². The Labute approximate surface area is 87.1 Å². The fourth-order valence-corrected chi connectivity index (χ4v) is 2.31. The van der Waals surface area contributed by atoms with Crippen molar-refractivity contribution >= 4 is 6.29 Å². The van der Waals surface area contributed by atoms with E-state index in [2.05, 4.69) is 0 Å². The highest BCUT2D eigenvalue weighted by Crippen LogP contribution is 2.39. The minimum Gasteiger partial charge on any atom is -0.303 e. The molecule has 0 spiro atoms. The number of carbonyl (C=O) groups excluding carboxylic acids is 1. The van der Waals surface area contributed by atoms with E-state index in [0.29, 0.717) is 19.1 Å². The Bertz CT molecular complexity index is 349. The zero-order chi connectivity index (χ0) is 10.9. The molecular weight excluding hydrogens is 198 g/mol. The molecule has 0 amide bonds. The van der Waals surface area contributed by atoms with Crippen molar-refractivity contribution in [2.24, 2.45) is 5.41 Å². The van der Waals surface area contributed by atoms with Gasteiger partial charge in [0.05, 0.1) is 0 Å². The van der Waals surface area contributed by atoms with Crippen LogP contribution in [0.3, 0.4) is 0 Å². The summed E-state index contributed by atoms with van der Waals surface area (Å²) in [6.07, 6.45) is -1.12. The first-order valence-electron chi connectivity index (χ1n) is 4.96. The molecule has 0 aromatic heterocycles. The second kappa shape index (κ2) is 3.72. The van der Waals surface area contributed by atoms with Crippen molar-refractivity contribution < 1.29 is 13.6 Å². The Morgan fingerprint density at radius 2 is 1.80 bits per heavy atom. The predicted molar refractivity (Wildman–Crippen MR) is 53.0 cm³/mol. The number of alkyl halides is 2. The van der Waals surface area contributed by atoms with E-state index in [9.17, 15) is 13.6 Å². The maximum Gasteiger partial charge on any atom is 0.239 e. The number of carbonyl (C=O) groups is 1. The number of fused-ring (bicyclic) bond motifs is 1. The van der Waals surface area contributed by atoms with E-state index in [-0.39, 0.29) is 6.42 Å². The molecule has 0 unspecified atom stereocenters. The van der Waals surface area contributed by atoms with Crippen LogP contribution in [0.1, 0.15) is 17.5 Å². The number of benzene rings is 1. The first-order valence-corrected chi connectivity index (χ1v) is 4.96. The quantitative estimate of drug-likeness (QED) is 0.701. The first kappa shape index (κ1) is 10.3. The van der Waals surface area contributed by atoms with Crippen molar-refractivity contribution in [3.05, 3.63) is 35.4 Å². The molecule has 1 aromatic rings. The van der Waals surface area contributed by atoms with Gasteiger partial charge in [-0.1, -0.05) is 24.3 Å². The normalized spacial score (nSPS) is 17.8. The van der Waals surface area contributed by atoms with E-state index >= 15 is 0 Å². The Morgan fingerprint density at radius 3 is 2.20 bits per heavy atom. The molecule has 2 rings (SSSR count). The fraction of sp³-hybridized carbons (Fsp3) is 0.417. The summed E-state index contributed by atoms with van der Waals surface area (Å²) in [6, 6.07) is 7.57. The number of aldehydes is 1. The van der Waals surface area contributed by atoms with Crippen LogP contribution in [0, 0.1) is 5.41 Å². The SMILES string of the molecule is O=CC1(CC(F)F)Cc2ccccc2C1. The lowest BCUT2D eigenvalue weighted by molar-refractivity contribution is -0.118. The molecule has 1 aliphatic carbocycles. The zero-order valence-corrected chi connectivity index (χ0v) is 8.25. The van der Waals surface area contributed by atoms with Gasteiger partial charge in [-0.15, -0.1) is 0 Å². The summed E-state index contributed by atoms with van der Waals surface area (Å²) in [5, 5.41) is 0. The molecule has 1 aliphatic rings. The molecule has 1 aromatic carbocycles. The Kier molecular flexibility index (Phi) is 2.55. The summed E-state index contributed by atoms with van der Waals surface area (Å²) in [5.41, 5.74) is 1.20. The molecule has 0 aliphatic heterocycles. The van der Waals surface area contributed by atoms with Crippen molar-refractivity contribution in [1.82, 2.24) is 0 Å². The van der Waals surface area contributed by atoms with Gasteiger partial charge in [0.1, 0.15) is 6.29 Å². The molecule has 0 saturated heterocycles. The summed E-state index contributed by atoms with van der Waals surface area (Å²) >= 11 is 0. The lowest BCUT2D eigenvalue weighted by Crippen LogP contribution is -2.26. The van der Waals surface area contributed by atoms with Crippen molar-refractivity contribution in [3.8, 4) is 0 Å². The molecule has 1 nitrogen and oxygen atoms in total. The van der Waals surface area contributed by atoms with Crippen LogP contribution in [0.2, 0.25) is 0 Å². The minimum atomic E-state index is -2.41. The van der Waals surface area contributed by atoms with Gasteiger partial charge in [-0.05, 0) is 24.0 Å². The number of halogens is 2. The van der Waals surface area contributed by atoms with Crippen molar-refractivity contribution in [2.75, 3.05) is 0 Å². The summed E-state index contributed by atoms with van der Waals surface area (Å²) in [5.74, 6) is 0. The van der Waals surface area contributed by atoms with Crippen LogP contribution in [0.15, 0.2) is 24.3 Å². The molecule has 0 fully saturated rings. The van der Waals surface area contributed by atoms with Gasteiger partial charge in [-0.2, -0.15) is 0 Å². The van der Waals surface area contributed by atoms with Gasteiger partial charge in [-0.25, -0.2) is 8.78 Å². The molecular formula is C12H12F2O. The molecule has 0 saturated carbocycles. The maximum absolute atomic E-state index is 12.4. The highest BCUT2D eigenvalue weighted by molar-refractivity contribution is 5.64. The third-order valence-electron chi connectivity index (χ3n) is 3.01. The summed E-state index contributed by atoms with van der Waals surface area (Å²) in [6.45, 7) is 0. The van der Waals surface area contributed by atoms with Crippen molar-refractivity contribution in [1.29, 1.82) is 0 Å². The first-order chi connectivity index (χ1) is 7.15. The third-order valence-corrected chi connectivity index (χ3v) is 3.01. The second-order valence-electron chi connectivity index (χ2n) is 4.20. The third kappa shape index (κ3) is 1.91. The molecule has 0 N–H and O–H groups in total. The van der Waals surface area contributed by atoms with Gasteiger partial charge in [-0.3, -0.25) is 0 Å². The van der Waals surface area contributed by atoms with Crippen LogP contribution >= 0.6 is 0 Å². The highest BCUT2D eigenvalue weighted by Gasteiger charge is 2.39. The standard InChI is InChI=1S/C12H12F2O/c13-11(14)7-12(8-15)5-9-3-1-2-4-10(9)6-12/h1-4,8,11H,5-7H2. The highest BCUT2D eigenvalue weighted by atomic mass is 19.3. The van der Waals surface area contributed by atoms with Gasteiger partial charge in [0.25, 0.3) is 0 Å². The van der Waals surface area contributed by atoms with Gasteiger partial charge in [0.15, 0.2) is 0 Å². The lowest BCUT2D eigenvalue weighted by Gasteiger charge is -2.20. The van der Waals surface area contributed by atoms with Crippen LogP contribution in [-0.2, 0) is 17.6 Å². The van der Waals surface area contributed by atoms with Gasteiger partial charge in [0.2, 0.25) is 6.43 Å². The summed E-state index contributed by atoms with van der Waals surface area (Å²) in [7, 11) is 0. The zero-order valence-electron chi connectivity index (χ0n) is 8.25. The van der Waals surface area contributed by atoms with E-state index in [1.165, 1.54) is 0 Å².